The van der Waals surface area contributed by atoms with Crippen molar-refractivity contribution >= 4 is 23.2 Å². The monoisotopic (exact) mass is 565 g/mol. The number of carbonyl (C=O) groups is 1. The van der Waals surface area contributed by atoms with Crippen molar-refractivity contribution in [1.82, 2.24) is 19.8 Å². The van der Waals surface area contributed by atoms with Crippen molar-refractivity contribution in [2.45, 2.75) is 56.7 Å². The molecule has 3 atom stereocenters. The number of aliphatic hydroxyl groups is 1. The molecule has 0 radical (unpaired) electrons. The lowest BCUT2D eigenvalue weighted by molar-refractivity contribution is -0.0893. The number of ether oxygens (including phenoxy) is 1. The minimum atomic E-state index is -1.01. The van der Waals surface area contributed by atoms with Gasteiger partial charge >= 0.3 is 0 Å². The van der Waals surface area contributed by atoms with Crippen molar-refractivity contribution in [3.63, 3.8) is 0 Å². The molecule has 2 fully saturated rings. The van der Waals surface area contributed by atoms with Gasteiger partial charge in [0.1, 0.15) is 5.60 Å². The largest absolute Gasteiger partial charge is 0.385 e. The van der Waals surface area contributed by atoms with E-state index in [1.54, 1.807) is 13.4 Å². The summed E-state index contributed by atoms with van der Waals surface area (Å²) in [7, 11) is 1.62. The second-order valence-electron chi connectivity index (χ2n) is 11.0. The Morgan fingerprint density at radius 1 is 1.25 bits per heavy atom. The fourth-order valence-corrected chi connectivity index (χ4v) is 6.41. The summed E-state index contributed by atoms with van der Waals surface area (Å²) in [5.41, 5.74) is 3.24. The molecule has 1 amide bonds. The van der Waals surface area contributed by atoms with Crippen LogP contribution in [0.25, 0.3) is 11.3 Å². The smallest absolute Gasteiger partial charge is 0.275 e. The number of amides is 1. The molecule has 8 nitrogen and oxygen atoms in total. The predicted molar refractivity (Wildman–Crippen MR) is 159 cm³/mol. The van der Waals surface area contributed by atoms with Gasteiger partial charge in [-0.15, -0.1) is 0 Å². The number of hydrogen-bond acceptors (Lipinski definition) is 6. The van der Waals surface area contributed by atoms with Gasteiger partial charge in [-0.3, -0.25) is 4.79 Å². The van der Waals surface area contributed by atoms with Crippen molar-refractivity contribution in [3.05, 3.63) is 71.1 Å². The Bertz CT molecular complexity index is 1300. The zero-order valence-electron chi connectivity index (χ0n) is 23.4. The molecule has 9 heteroatoms. The SMILES string of the molecule is COC[C@]1(O)CCCC[C@H]1n1cnc(C(=O)N2CCNC[C@H]2CCNc2cc(Cl)ccc2C)c1-c1ccccc1. The number of hydrogen-bond donors (Lipinski definition) is 3. The molecule has 3 aromatic rings. The Kier molecular flexibility index (Phi) is 9.10. The number of nitrogens with one attached hydrogen (secondary N) is 2. The van der Waals surface area contributed by atoms with Gasteiger partial charge in [0.15, 0.2) is 5.69 Å². The van der Waals surface area contributed by atoms with Crippen LogP contribution in [0.1, 0.15) is 54.2 Å². The number of aromatic nitrogens is 2. The number of methoxy groups -OCH3 is 1. The van der Waals surface area contributed by atoms with E-state index >= 15 is 0 Å². The van der Waals surface area contributed by atoms with E-state index in [0.29, 0.717) is 30.2 Å². The van der Waals surface area contributed by atoms with E-state index in [2.05, 4.69) is 17.6 Å². The van der Waals surface area contributed by atoms with Gasteiger partial charge in [-0.05, 0) is 43.9 Å². The van der Waals surface area contributed by atoms with Crippen molar-refractivity contribution in [1.29, 1.82) is 0 Å². The number of piperazine rings is 1. The zero-order chi connectivity index (χ0) is 28.1. The molecular weight excluding hydrogens is 526 g/mol. The lowest BCUT2D eigenvalue weighted by atomic mass is 9.80. The van der Waals surface area contributed by atoms with Gasteiger partial charge in [0, 0.05) is 55.6 Å². The first-order valence-electron chi connectivity index (χ1n) is 14.3. The molecule has 1 saturated carbocycles. The highest BCUT2D eigenvalue weighted by molar-refractivity contribution is 6.30. The summed E-state index contributed by atoms with van der Waals surface area (Å²) in [6, 6.07) is 15.5. The molecule has 0 unspecified atom stereocenters. The highest BCUT2D eigenvalue weighted by Crippen LogP contribution is 2.41. The zero-order valence-corrected chi connectivity index (χ0v) is 24.2. The Morgan fingerprint density at radius 3 is 2.88 bits per heavy atom. The molecule has 1 aromatic heterocycles. The second kappa shape index (κ2) is 12.7. The molecule has 214 valence electrons. The molecule has 1 aliphatic heterocycles. The van der Waals surface area contributed by atoms with E-state index in [1.165, 1.54) is 0 Å². The molecule has 5 rings (SSSR count). The van der Waals surface area contributed by atoms with Crippen molar-refractivity contribution in [2.24, 2.45) is 0 Å². The number of aryl methyl sites for hydroxylation is 1. The van der Waals surface area contributed by atoms with Crippen LogP contribution in [0.4, 0.5) is 5.69 Å². The third-order valence-corrected chi connectivity index (χ3v) is 8.57. The summed E-state index contributed by atoms with van der Waals surface area (Å²) in [6.07, 6.45) is 5.93. The van der Waals surface area contributed by atoms with E-state index in [1.807, 2.05) is 58.0 Å². The maximum Gasteiger partial charge on any atom is 0.275 e. The summed E-state index contributed by atoms with van der Waals surface area (Å²) in [6.45, 7) is 5.08. The quantitative estimate of drug-likeness (QED) is 0.341. The summed E-state index contributed by atoms with van der Waals surface area (Å²) in [5, 5.41) is 19.3. The molecular formula is C31H40ClN5O3. The van der Waals surface area contributed by atoms with Crippen LogP contribution in [0, 0.1) is 6.92 Å². The van der Waals surface area contributed by atoms with Crippen LogP contribution < -0.4 is 10.6 Å². The fraction of sp³-hybridized carbons (Fsp3) is 0.484. The van der Waals surface area contributed by atoms with Crippen molar-refractivity contribution in [2.75, 3.05) is 45.2 Å². The lowest BCUT2D eigenvalue weighted by Gasteiger charge is -2.41. The van der Waals surface area contributed by atoms with E-state index in [0.717, 1.165) is 61.3 Å². The molecule has 1 aliphatic carbocycles. The number of imidazole rings is 1. The topological polar surface area (TPSA) is 91.6 Å². The standard InChI is InChI=1S/C31H40ClN5O3/c1-22-11-12-24(32)18-26(22)34-15-13-25-19-33-16-17-36(25)30(38)28-29(23-8-4-3-5-9-23)37(21-35-28)27-10-6-7-14-31(27,39)20-40-2/h3-5,8-9,11-12,18,21,25,27,33-34,39H,6-7,10,13-17,19-20H2,1-2H3/t25-,27-,31-/m1/s1. The minimum absolute atomic E-state index is 0.0159. The van der Waals surface area contributed by atoms with E-state index in [9.17, 15) is 9.90 Å². The molecule has 0 bridgehead atoms. The molecule has 40 heavy (non-hydrogen) atoms. The normalized spacial score (nSPS) is 23.2. The van der Waals surface area contributed by atoms with Crippen molar-refractivity contribution < 1.29 is 14.6 Å². The van der Waals surface area contributed by atoms with Gasteiger partial charge < -0.3 is 29.9 Å². The average molecular weight is 566 g/mol. The average Bonchev–Trinajstić information content (AvgIpc) is 3.40. The third-order valence-electron chi connectivity index (χ3n) is 8.33. The van der Waals surface area contributed by atoms with Gasteiger partial charge in [0.2, 0.25) is 0 Å². The number of rotatable bonds is 9. The van der Waals surface area contributed by atoms with Gasteiger partial charge in [-0.2, -0.15) is 0 Å². The number of benzene rings is 2. The van der Waals surface area contributed by atoms with Crippen LogP contribution in [0.2, 0.25) is 5.02 Å². The van der Waals surface area contributed by atoms with E-state index < -0.39 is 5.60 Å². The number of nitrogens with zero attached hydrogens (tertiary/aromatic N) is 3. The molecule has 1 saturated heterocycles. The van der Waals surface area contributed by atoms with Gasteiger partial charge in [-0.25, -0.2) is 4.98 Å². The molecule has 2 heterocycles. The van der Waals surface area contributed by atoms with Crippen LogP contribution in [0.5, 0.6) is 0 Å². The van der Waals surface area contributed by atoms with Crippen LogP contribution in [0.15, 0.2) is 54.9 Å². The summed E-state index contributed by atoms with van der Waals surface area (Å²) < 4.78 is 7.48. The van der Waals surface area contributed by atoms with Crippen LogP contribution in [-0.4, -0.2) is 77.0 Å². The molecule has 2 aromatic carbocycles. The number of carbonyl (C=O) groups excluding carboxylic acids is 1. The summed E-state index contributed by atoms with van der Waals surface area (Å²) in [4.78, 5) is 20.9. The first-order valence-corrected chi connectivity index (χ1v) is 14.6. The van der Waals surface area contributed by atoms with E-state index in [4.69, 9.17) is 21.3 Å². The minimum Gasteiger partial charge on any atom is -0.385 e. The van der Waals surface area contributed by atoms with Gasteiger partial charge in [-0.1, -0.05) is 60.8 Å². The molecule has 2 aliphatic rings. The summed E-state index contributed by atoms with van der Waals surface area (Å²) in [5.74, 6) is -0.0749. The maximum absolute atomic E-state index is 14.2. The Balaban J connectivity index is 1.42. The van der Waals surface area contributed by atoms with Crippen LogP contribution in [-0.2, 0) is 4.74 Å². The fourth-order valence-electron chi connectivity index (χ4n) is 6.24. The number of anilines is 1. The predicted octanol–water partition coefficient (Wildman–Crippen LogP) is 4.92. The van der Waals surface area contributed by atoms with Gasteiger partial charge in [0.05, 0.1) is 24.7 Å². The highest BCUT2D eigenvalue weighted by Gasteiger charge is 2.42. The first kappa shape index (κ1) is 28.6. The van der Waals surface area contributed by atoms with Gasteiger partial charge in [0.25, 0.3) is 5.91 Å². The molecule has 3 N–H and O–H groups in total. The van der Waals surface area contributed by atoms with Crippen molar-refractivity contribution in [3.8, 4) is 11.3 Å². The van der Waals surface area contributed by atoms with Crippen LogP contribution >= 0.6 is 11.6 Å². The van der Waals surface area contributed by atoms with E-state index in [-0.39, 0.29) is 24.6 Å². The first-order chi connectivity index (χ1) is 19.4. The molecule has 0 spiro atoms. The maximum atomic E-state index is 14.2. The second-order valence-corrected chi connectivity index (χ2v) is 11.5. The van der Waals surface area contributed by atoms with Crippen LogP contribution in [0.3, 0.4) is 0 Å². The third kappa shape index (κ3) is 6.05. The Morgan fingerprint density at radius 2 is 2.08 bits per heavy atom. The Hall–Kier alpha value is -2.91. The highest BCUT2D eigenvalue weighted by atomic mass is 35.5. The lowest BCUT2D eigenvalue weighted by Crippen LogP contribution is -2.54. The Labute approximate surface area is 241 Å². The summed E-state index contributed by atoms with van der Waals surface area (Å²) >= 11 is 6.20. The number of halogens is 1.